The van der Waals surface area contributed by atoms with Gasteiger partial charge in [0.1, 0.15) is 12.4 Å². The Morgan fingerprint density at radius 1 is 1.27 bits per heavy atom. The van der Waals surface area contributed by atoms with E-state index >= 15 is 0 Å². The lowest BCUT2D eigenvalue weighted by Crippen LogP contribution is -2.50. The van der Waals surface area contributed by atoms with Gasteiger partial charge in [0, 0.05) is 51.1 Å². The molecule has 0 N–H and O–H groups in total. The molecule has 7 nitrogen and oxygen atoms in total. The van der Waals surface area contributed by atoms with E-state index in [0.717, 1.165) is 23.9 Å². The minimum absolute atomic E-state index is 0.0355. The van der Waals surface area contributed by atoms with Crippen LogP contribution in [0.15, 0.2) is 23.8 Å². The first-order valence-corrected chi connectivity index (χ1v) is 7.90. The third-order valence-electron chi connectivity index (χ3n) is 3.49. The summed E-state index contributed by atoms with van der Waals surface area (Å²) in [5.41, 5.74) is 0. The number of piperazine rings is 1. The maximum atomic E-state index is 11.8. The number of rotatable bonds is 4. The highest BCUT2D eigenvalue weighted by molar-refractivity contribution is 7.12. The molecule has 116 valence electrons. The minimum atomic E-state index is 0.0355. The normalized spacial score (nSPS) is 15.1. The first kappa shape index (κ1) is 14.9. The fourth-order valence-electron chi connectivity index (χ4n) is 2.36. The summed E-state index contributed by atoms with van der Waals surface area (Å²) >= 11 is 1.52. The Kier molecular flexibility index (Phi) is 4.59. The molecule has 8 heteroatoms. The fourth-order valence-corrected chi connectivity index (χ4v) is 2.94. The summed E-state index contributed by atoms with van der Waals surface area (Å²) in [6.07, 6.45) is 3.50. The summed E-state index contributed by atoms with van der Waals surface area (Å²) in [5.74, 6) is 1.55. The van der Waals surface area contributed by atoms with Crippen molar-refractivity contribution in [3.8, 4) is 10.8 Å². The monoisotopic (exact) mass is 319 g/mol. The molecule has 0 atom stereocenters. The van der Waals surface area contributed by atoms with Crippen LogP contribution in [0.2, 0.25) is 0 Å². The van der Waals surface area contributed by atoms with Crippen molar-refractivity contribution in [1.82, 2.24) is 19.9 Å². The molecular weight excluding hydrogens is 302 g/mol. The average Bonchev–Trinajstić information content (AvgIpc) is 3.10. The number of anilines is 1. The number of thiazole rings is 1. The van der Waals surface area contributed by atoms with Gasteiger partial charge in [0.05, 0.1) is 0 Å². The molecule has 1 amide bonds. The number of carbonyl (C=O) groups is 1. The van der Waals surface area contributed by atoms with Gasteiger partial charge in [-0.2, -0.15) is 0 Å². The van der Waals surface area contributed by atoms with E-state index in [-0.39, 0.29) is 12.5 Å². The van der Waals surface area contributed by atoms with Crippen LogP contribution in [-0.2, 0) is 9.53 Å². The van der Waals surface area contributed by atoms with Crippen LogP contribution in [0.4, 0.5) is 5.82 Å². The second-order valence-corrected chi connectivity index (χ2v) is 5.77. The molecule has 0 aliphatic carbocycles. The van der Waals surface area contributed by atoms with Crippen molar-refractivity contribution in [3.63, 3.8) is 0 Å². The van der Waals surface area contributed by atoms with Crippen LogP contribution < -0.4 is 4.90 Å². The highest BCUT2D eigenvalue weighted by atomic mass is 32.1. The summed E-state index contributed by atoms with van der Waals surface area (Å²) in [4.78, 5) is 28.9. The van der Waals surface area contributed by atoms with Crippen LogP contribution in [0.3, 0.4) is 0 Å². The van der Waals surface area contributed by atoms with Gasteiger partial charge in [-0.25, -0.2) is 15.0 Å². The quantitative estimate of drug-likeness (QED) is 0.834. The first-order chi connectivity index (χ1) is 10.8. The van der Waals surface area contributed by atoms with Crippen LogP contribution in [0, 0.1) is 0 Å². The van der Waals surface area contributed by atoms with Gasteiger partial charge in [-0.15, -0.1) is 11.3 Å². The SMILES string of the molecule is COCC(=O)N1CCN(c2ccnc(-c3nccs3)n2)CC1. The van der Waals surface area contributed by atoms with E-state index in [9.17, 15) is 4.79 Å². The largest absolute Gasteiger partial charge is 0.375 e. The number of methoxy groups -OCH3 is 1. The minimum Gasteiger partial charge on any atom is -0.375 e. The molecule has 2 aromatic rings. The van der Waals surface area contributed by atoms with Crippen LogP contribution in [-0.4, -0.2) is 65.7 Å². The van der Waals surface area contributed by atoms with E-state index in [1.165, 1.54) is 18.4 Å². The van der Waals surface area contributed by atoms with Gasteiger partial charge in [-0.1, -0.05) is 0 Å². The van der Waals surface area contributed by atoms with Crippen molar-refractivity contribution in [2.45, 2.75) is 0 Å². The maximum absolute atomic E-state index is 11.8. The molecule has 0 bridgehead atoms. The fraction of sp³-hybridized carbons (Fsp3) is 0.429. The standard InChI is InChI=1S/C14H17N5O2S/c1-21-10-12(20)19-7-5-18(6-8-19)11-2-3-15-13(17-11)14-16-4-9-22-14/h2-4,9H,5-8,10H2,1H3. The van der Waals surface area contributed by atoms with Gasteiger partial charge in [-0.3, -0.25) is 4.79 Å². The van der Waals surface area contributed by atoms with Gasteiger partial charge < -0.3 is 14.5 Å². The zero-order valence-corrected chi connectivity index (χ0v) is 13.1. The van der Waals surface area contributed by atoms with Gasteiger partial charge in [-0.05, 0) is 6.07 Å². The molecule has 0 aromatic carbocycles. The number of nitrogens with zero attached hydrogens (tertiary/aromatic N) is 5. The molecule has 1 fully saturated rings. The van der Waals surface area contributed by atoms with Crippen LogP contribution in [0.5, 0.6) is 0 Å². The van der Waals surface area contributed by atoms with E-state index in [1.807, 2.05) is 16.3 Å². The Morgan fingerprint density at radius 2 is 2.09 bits per heavy atom. The zero-order valence-electron chi connectivity index (χ0n) is 12.3. The molecular formula is C14H17N5O2S. The molecule has 1 aliphatic rings. The molecule has 0 unspecified atom stereocenters. The third kappa shape index (κ3) is 3.23. The molecule has 3 heterocycles. The number of aromatic nitrogens is 3. The maximum Gasteiger partial charge on any atom is 0.248 e. The smallest absolute Gasteiger partial charge is 0.248 e. The Hall–Kier alpha value is -2.06. The highest BCUT2D eigenvalue weighted by Crippen LogP contribution is 2.20. The number of amides is 1. The zero-order chi connectivity index (χ0) is 15.4. The third-order valence-corrected chi connectivity index (χ3v) is 4.26. The van der Waals surface area contributed by atoms with Crippen LogP contribution in [0.1, 0.15) is 0 Å². The number of hydrogen-bond acceptors (Lipinski definition) is 7. The number of hydrogen-bond donors (Lipinski definition) is 0. The van der Waals surface area contributed by atoms with Gasteiger partial charge in [0.2, 0.25) is 5.91 Å². The van der Waals surface area contributed by atoms with Crippen molar-refractivity contribution in [2.75, 3.05) is 44.8 Å². The first-order valence-electron chi connectivity index (χ1n) is 7.02. The van der Waals surface area contributed by atoms with E-state index in [0.29, 0.717) is 18.9 Å². The average molecular weight is 319 g/mol. The Balaban J connectivity index is 1.66. The van der Waals surface area contributed by atoms with Crippen molar-refractivity contribution in [3.05, 3.63) is 23.8 Å². The molecule has 1 aliphatic heterocycles. The Bertz CT molecular complexity index is 626. The second kappa shape index (κ2) is 6.80. The van der Waals surface area contributed by atoms with E-state index in [2.05, 4.69) is 19.9 Å². The molecule has 0 radical (unpaired) electrons. The van der Waals surface area contributed by atoms with Crippen LogP contribution >= 0.6 is 11.3 Å². The van der Waals surface area contributed by atoms with Crippen molar-refractivity contribution >= 4 is 23.1 Å². The lowest BCUT2D eigenvalue weighted by molar-refractivity contribution is -0.135. The number of carbonyl (C=O) groups excluding carboxylic acids is 1. The van der Waals surface area contributed by atoms with E-state index < -0.39 is 0 Å². The molecule has 2 aromatic heterocycles. The van der Waals surface area contributed by atoms with E-state index in [4.69, 9.17) is 4.74 Å². The predicted octanol–water partition coefficient (Wildman–Crippen LogP) is 0.895. The predicted molar refractivity (Wildman–Crippen MR) is 83.8 cm³/mol. The van der Waals surface area contributed by atoms with Gasteiger partial charge in [0.15, 0.2) is 10.8 Å². The molecule has 22 heavy (non-hydrogen) atoms. The number of ether oxygens (including phenoxy) is 1. The van der Waals surface area contributed by atoms with Crippen molar-refractivity contribution in [1.29, 1.82) is 0 Å². The molecule has 3 rings (SSSR count). The van der Waals surface area contributed by atoms with Crippen molar-refractivity contribution < 1.29 is 9.53 Å². The Morgan fingerprint density at radius 3 is 2.77 bits per heavy atom. The highest BCUT2D eigenvalue weighted by Gasteiger charge is 2.22. The summed E-state index contributed by atoms with van der Waals surface area (Å²) in [5, 5.41) is 2.72. The Labute approximate surface area is 132 Å². The summed E-state index contributed by atoms with van der Waals surface area (Å²) in [6.45, 7) is 3.01. The van der Waals surface area contributed by atoms with E-state index in [1.54, 1.807) is 12.4 Å². The summed E-state index contributed by atoms with van der Waals surface area (Å²) < 4.78 is 4.89. The van der Waals surface area contributed by atoms with Crippen LogP contribution in [0.25, 0.3) is 10.8 Å². The van der Waals surface area contributed by atoms with Crippen molar-refractivity contribution in [2.24, 2.45) is 0 Å². The molecule has 0 saturated carbocycles. The molecule has 1 saturated heterocycles. The van der Waals surface area contributed by atoms with Gasteiger partial charge >= 0.3 is 0 Å². The lowest BCUT2D eigenvalue weighted by atomic mass is 10.3. The van der Waals surface area contributed by atoms with Gasteiger partial charge in [0.25, 0.3) is 0 Å². The topological polar surface area (TPSA) is 71.5 Å². The molecule has 0 spiro atoms. The summed E-state index contributed by atoms with van der Waals surface area (Å²) in [7, 11) is 1.54. The lowest BCUT2D eigenvalue weighted by Gasteiger charge is -2.35. The second-order valence-electron chi connectivity index (χ2n) is 4.88. The summed E-state index contributed by atoms with van der Waals surface area (Å²) in [6, 6.07) is 1.89.